The van der Waals surface area contributed by atoms with E-state index in [1.54, 1.807) is 0 Å². The first-order chi connectivity index (χ1) is 11.1. The van der Waals surface area contributed by atoms with Crippen molar-refractivity contribution < 1.29 is 0 Å². The van der Waals surface area contributed by atoms with Crippen molar-refractivity contribution in [1.29, 1.82) is 0 Å². The summed E-state index contributed by atoms with van der Waals surface area (Å²) in [4.78, 5) is 0. The molecule has 0 aliphatic heterocycles. The maximum atomic E-state index is 5.98. The Morgan fingerprint density at radius 3 is 2.48 bits per heavy atom. The number of nitrogens with zero attached hydrogens (tertiary/aromatic N) is 2. The Kier molecular flexibility index (Phi) is 3.58. The maximum Gasteiger partial charge on any atom is 0.199 e. The van der Waals surface area contributed by atoms with E-state index in [-0.39, 0.29) is 0 Å². The summed E-state index contributed by atoms with van der Waals surface area (Å²) in [6.45, 7) is 2.08. The fourth-order valence-electron chi connectivity index (χ4n) is 3.06. The molecule has 0 radical (unpaired) electrons. The fraction of sp³-hybridized carbons (Fsp3) is 0.222. The third kappa shape index (κ3) is 2.73. The van der Waals surface area contributed by atoms with Gasteiger partial charge in [0.05, 0.1) is 0 Å². The lowest BCUT2D eigenvalue weighted by molar-refractivity contribution is 0.846. The van der Waals surface area contributed by atoms with Gasteiger partial charge in [0.15, 0.2) is 4.77 Å². The predicted molar refractivity (Wildman–Crippen MR) is 95.0 cm³/mol. The van der Waals surface area contributed by atoms with Crippen LogP contribution in [0.4, 0.5) is 0 Å². The summed E-state index contributed by atoms with van der Waals surface area (Å²) in [5, 5.41) is 8.21. The van der Waals surface area contributed by atoms with Crippen LogP contribution in [0.5, 0.6) is 0 Å². The lowest BCUT2D eigenvalue weighted by Crippen LogP contribution is -2.01. The van der Waals surface area contributed by atoms with Crippen molar-refractivity contribution in [3.05, 3.63) is 75.3 Å². The van der Waals surface area contributed by atoms with Gasteiger partial charge in [-0.1, -0.05) is 41.4 Å². The van der Waals surface area contributed by atoms with Gasteiger partial charge in [-0.15, -0.1) is 0 Å². The third-order valence-electron chi connectivity index (χ3n) is 4.41. The van der Waals surface area contributed by atoms with E-state index < -0.39 is 0 Å². The average molecular weight is 342 g/mol. The van der Waals surface area contributed by atoms with Gasteiger partial charge in [0.1, 0.15) is 5.82 Å². The third-order valence-corrected chi connectivity index (χ3v) is 4.94. The molecule has 1 aromatic heterocycles. The van der Waals surface area contributed by atoms with Crippen LogP contribution in [0.15, 0.2) is 48.5 Å². The van der Waals surface area contributed by atoms with Crippen molar-refractivity contribution in [2.24, 2.45) is 0 Å². The largest absolute Gasteiger partial charge is 0.272 e. The van der Waals surface area contributed by atoms with Crippen molar-refractivity contribution >= 4 is 23.8 Å². The number of aromatic amines is 1. The number of H-pyrrole nitrogens is 1. The summed E-state index contributed by atoms with van der Waals surface area (Å²) in [5.41, 5.74) is 3.60. The van der Waals surface area contributed by atoms with Crippen LogP contribution in [0.3, 0.4) is 0 Å². The van der Waals surface area contributed by atoms with Gasteiger partial charge in [0.25, 0.3) is 0 Å². The quantitative estimate of drug-likeness (QED) is 0.667. The first-order valence-corrected chi connectivity index (χ1v) is 8.42. The molecule has 23 heavy (non-hydrogen) atoms. The van der Waals surface area contributed by atoms with E-state index in [1.165, 1.54) is 11.1 Å². The van der Waals surface area contributed by atoms with Crippen molar-refractivity contribution in [3.8, 4) is 5.69 Å². The molecule has 3 aromatic rings. The number of hydrogen-bond acceptors (Lipinski definition) is 2. The summed E-state index contributed by atoms with van der Waals surface area (Å²) in [5.74, 6) is 1.89. The van der Waals surface area contributed by atoms with Gasteiger partial charge in [-0.25, -0.2) is 0 Å². The molecule has 1 heterocycles. The molecule has 116 valence electrons. The van der Waals surface area contributed by atoms with E-state index in [2.05, 4.69) is 58.1 Å². The molecule has 3 nitrogen and oxygen atoms in total. The van der Waals surface area contributed by atoms with Crippen molar-refractivity contribution in [2.75, 3.05) is 0 Å². The Hall–Kier alpha value is -1.91. The molecule has 1 N–H and O–H groups in total. The summed E-state index contributed by atoms with van der Waals surface area (Å²) >= 11 is 11.4. The Morgan fingerprint density at radius 2 is 1.78 bits per heavy atom. The average Bonchev–Trinajstić information content (AvgIpc) is 3.25. The van der Waals surface area contributed by atoms with Crippen LogP contribution in [0, 0.1) is 11.7 Å². The molecule has 0 amide bonds. The molecular weight excluding hydrogens is 326 g/mol. The molecule has 5 heteroatoms. The van der Waals surface area contributed by atoms with Crippen LogP contribution >= 0.6 is 23.8 Å². The van der Waals surface area contributed by atoms with Gasteiger partial charge >= 0.3 is 0 Å². The van der Waals surface area contributed by atoms with Crippen LogP contribution in [0.25, 0.3) is 5.69 Å². The zero-order valence-corrected chi connectivity index (χ0v) is 14.2. The van der Waals surface area contributed by atoms with E-state index in [0.29, 0.717) is 16.6 Å². The Balaban J connectivity index is 1.68. The minimum absolute atomic E-state index is 0.394. The van der Waals surface area contributed by atoms with Crippen LogP contribution in [-0.2, 0) is 0 Å². The highest BCUT2D eigenvalue weighted by atomic mass is 35.5. The fourth-order valence-corrected chi connectivity index (χ4v) is 3.43. The molecular formula is C18H16ClN3S. The molecule has 1 saturated carbocycles. The van der Waals surface area contributed by atoms with Crippen molar-refractivity contribution in [3.63, 3.8) is 0 Å². The molecule has 2 aromatic carbocycles. The monoisotopic (exact) mass is 341 g/mol. The van der Waals surface area contributed by atoms with Gasteiger partial charge in [-0.3, -0.25) is 9.67 Å². The summed E-state index contributed by atoms with van der Waals surface area (Å²) in [7, 11) is 0. The second kappa shape index (κ2) is 5.62. The first kappa shape index (κ1) is 14.7. The molecule has 0 bridgehead atoms. The number of aryl methyl sites for hydroxylation is 1. The van der Waals surface area contributed by atoms with E-state index >= 15 is 0 Å². The van der Waals surface area contributed by atoms with E-state index in [1.807, 2.05) is 12.1 Å². The maximum absolute atomic E-state index is 5.98. The lowest BCUT2D eigenvalue weighted by atomic mass is 10.1. The molecule has 2 atom stereocenters. The first-order valence-electron chi connectivity index (χ1n) is 7.63. The molecule has 1 fully saturated rings. The highest BCUT2D eigenvalue weighted by Gasteiger charge is 2.43. The van der Waals surface area contributed by atoms with Gasteiger partial charge in [-0.05, 0) is 61.3 Å². The second-order valence-electron chi connectivity index (χ2n) is 6.06. The molecule has 4 rings (SSSR count). The summed E-state index contributed by atoms with van der Waals surface area (Å²) in [6.07, 6.45) is 1.09. The van der Waals surface area contributed by atoms with Gasteiger partial charge in [-0.2, -0.15) is 5.10 Å². The standard InChI is InChI=1S/C18H16ClN3S/c1-11-2-8-14(9-3-11)22-17(20-21-18(22)23)16-10-15(16)12-4-6-13(19)7-5-12/h2-9,15-16H,10H2,1H3,(H,21,23)/t15-,16-/m1/s1. The molecule has 0 saturated heterocycles. The van der Waals surface area contributed by atoms with E-state index in [9.17, 15) is 0 Å². The van der Waals surface area contributed by atoms with Crippen molar-refractivity contribution in [2.45, 2.75) is 25.2 Å². The molecule has 0 spiro atoms. The highest BCUT2D eigenvalue weighted by Crippen LogP contribution is 2.54. The second-order valence-corrected chi connectivity index (χ2v) is 6.88. The Morgan fingerprint density at radius 1 is 1.09 bits per heavy atom. The number of halogens is 1. The van der Waals surface area contributed by atoms with Crippen LogP contribution < -0.4 is 0 Å². The van der Waals surface area contributed by atoms with Gasteiger partial charge < -0.3 is 0 Å². The highest BCUT2D eigenvalue weighted by molar-refractivity contribution is 7.71. The van der Waals surface area contributed by atoms with Crippen molar-refractivity contribution in [1.82, 2.24) is 14.8 Å². The normalized spacial score (nSPS) is 19.7. The van der Waals surface area contributed by atoms with Gasteiger partial charge in [0.2, 0.25) is 0 Å². The number of benzene rings is 2. The topological polar surface area (TPSA) is 33.6 Å². The SMILES string of the molecule is Cc1ccc(-n2c([C@@H]3C[C@@H]3c3ccc(Cl)cc3)n[nH]c2=S)cc1. The molecule has 1 aliphatic carbocycles. The number of hydrogen-bond donors (Lipinski definition) is 1. The smallest absolute Gasteiger partial charge is 0.199 e. The number of aromatic nitrogens is 3. The minimum Gasteiger partial charge on any atom is -0.272 e. The number of rotatable bonds is 3. The summed E-state index contributed by atoms with van der Waals surface area (Å²) in [6, 6.07) is 16.5. The molecule has 0 unspecified atom stereocenters. The minimum atomic E-state index is 0.394. The van der Waals surface area contributed by atoms with E-state index in [4.69, 9.17) is 23.8 Å². The predicted octanol–water partition coefficient (Wildman–Crippen LogP) is 5.16. The molecule has 1 aliphatic rings. The zero-order chi connectivity index (χ0) is 16.0. The van der Waals surface area contributed by atoms with Crippen LogP contribution in [0.2, 0.25) is 5.02 Å². The zero-order valence-electron chi connectivity index (χ0n) is 12.7. The van der Waals surface area contributed by atoms with E-state index in [0.717, 1.165) is 23.0 Å². The lowest BCUT2D eigenvalue weighted by Gasteiger charge is -2.07. The number of nitrogens with one attached hydrogen (secondary N) is 1. The van der Waals surface area contributed by atoms with Crippen LogP contribution in [0.1, 0.15) is 35.2 Å². The Labute approximate surface area is 144 Å². The summed E-state index contributed by atoms with van der Waals surface area (Å²) < 4.78 is 2.70. The van der Waals surface area contributed by atoms with Gasteiger partial charge in [0, 0.05) is 16.6 Å². The Bertz CT molecular complexity index is 893. The van der Waals surface area contributed by atoms with Crippen LogP contribution in [-0.4, -0.2) is 14.8 Å².